The molecule has 1 aliphatic heterocycles. The first-order valence-electron chi connectivity index (χ1n) is 8.78. The second-order valence-corrected chi connectivity index (χ2v) is 6.35. The van der Waals surface area contributed by atoms with Gasteiger partial charge in [-0.2, -0.15) is 0 Å². The first-order chi connectivity index (χ1) is 12.7. The number of morpholine rings is 1. The lowest BCUT2D eigenvalue weighted by Crippen LogP contribution is -2.46. The molecule has 0 aromatic heterocycles. The third kappa shape index (κ3) is 5.79. The summed E-state index contributed by atoms with van der Waals surface area (Å²) in [5.74, 6) is -0.528. The molecule has 0 saturated carbocycles. The average Bonchev–Trinajstić information content (AvgIpc) is 2.66. The van der Waals surface area contributed by atoms with Crippen LogP contribution in [-0.2, 0) is 16.1 Å². The van der Waals surface area contributed by atoms with E-state index in [9.17, 15) is 9.18 Å². The molecule has 1 heterocycles. The zero-order chi connectivity index (χ0) is 18.2. The maximum absolute atomic E-state index is 13.1. The smallest absolute Gasteiger partial charge is 0.244 e. The standard InChI is InChI=1S/C21H23FN2O2/c22-19-8-4-7-17(13-19)9-10-21(25)23-14-20-16-24(11-12-26-20)15-18-5-2-1-3-6-18/h1-10,13,20H,11-12,14-16H2,(H,23,25)/b10-9+. The summed E-state index contributed by atoms with van der Waals surface area (Å²) in [7, 11) is 0. The van der Waals surface area contributed by atoms with Crippen LogP contribution in [0.1, 0.15) is 11.1 Å². The van der Waals surface area contributed by atoms with E-state index in [0.29, 0.717) is 18.7 Å². The summed E-state index contributed by atoms with van der Waals surface area (Å²) < 4.78 is 18.9. The van der Waals surface area contributed by atoms with Gasteiger partial charge in [-0.1, -0.05) is 42.5 Å². The zero-order valence-electron chi connectivity index (χ0n) is 14.6. The summed E-state index contributed by atoms with van der Waals surface area (Å²) >= 11 is 0. The quantitative estimate of drug-likeness (QED) is 0.811. The molecular weight excluding hydrogens is 331 g/mol. The van der Waals surface area contributed by atoms with Gasteiger partial charge in [0.15, 0.2) is 0 Å². The highest BCUT2D eigenvalue weighted by Crippen LogP contribution is 2.10. The Balaban J connectivity index is 1.44. The maximum atomic E-state index is 13.1. The van der Waals surface area contributed by atoms with Crippen molar-refractivity contribution in [1.82, 2.24) is 10.2 Å². The van der Waals surface area contributed by atoms with E-state index in [0.717, 1.165) is 19.6 Å². The Kier molecular flexibility index (Phi) is 6.52. The highest BCUT2D eigenvalue weighted by atomic mass is 19.1. The second-order valence-electron chi connectivity index (χ2n) is 6.35. The maximum Gasteiger partial charge on any atom is 0.244 e. The van der Waals surface area contributed by atoms with Crippen molar-refractivity contribution in [2.75, 3.05) is 26.2 Å². The molecule has 1 atom stereocenters. The largest absolute Gasteiger partial charge is 0.374 e. The van der Waals surface area contributed by atoms with Crippen molar-refractivity contribution in [1.29, 1.82) is 0 Å². The van der Waals surface area contributed by atoms with Crippen molar-refractivity contribution in [2.24, 2.45) is 0 Å². The normalized spacial score (nSPS) is 18.1. The van der Waals surface area contributed by atoms with Gasteiger partial charge in [0, 0.05) is 32.3 Å². The number of rotatable bonds is 6. The van der Waals surface area contributed by atoms with Gasteiger partial charge in [0.2, 0.25) is 5.91 Å². The molecule has 0 aliphatic carbocycles. The Labute approximate surface area is 153 Å². The van der Waals surface area contributed by atoms with E-state index in [1.807, 2.05) is 18.2 Å². The lowest BCUT2D eigenvalue weighted by Gasteiger charge is -2.33. The lowest BCUT2D eigenvalue weighted by molar-refractivity contribution is -0.117. The van der Waals surface area contributed by atoms with Gasteiger partial charge in [-0.05, 0) is 29.3 Å². The Hall–Kier alpha value is -2.50. The third-order valence-corrected chi connectivity index (χ3v) is 4.25. The van der Waals surface area contributed by atoms with Gasteiger partial charge in [-0.15, -0.1) is 0 Å². The van der Waals surface area contributed by atoms with E-state index < -0.39 is 0 Å². The van der Waals surface area contributed by atoms with Crippen LogP contribution in [-0.4, -0.2) is 43.2 Å². The predicted molar refractivity (Wildman–Crippen MR) is 99.9 cm³/mol. The van der Waals surface area contributed by atoms with Crippen molar-refractivity contribution in [3.8, 4) is 0 Å². The van der Waals surface area contributed by atoms with Crippen molar-refractivity contribution < 1.29 is 13.9 Å². The predicted octanol–water partition coefficient (Wildman–Crippen LogP) is 2.86. The molecule has 0 radical (unpaired) electrons. The summed E-state index contributed by atoms with van der Waals surface area (Å²) in [6.45, 7) is 3.67. The number of ether oxygens (including phenoxy) is 1. The molecule has 5 heteroatoms. The van der Waals surface area contributed by atoms with Crippen molar-refractivity contribution in [3.63, 3.8) is 0 Å². The van der Waals surface area contributed by atoms with E-state index in [4.69, 9.17) is 4.74 Å². The van der Waals surface area contributed by atoms with Gasteiger partial charge in [-0.3, -0.25) is 9.69 Å². The Bertz CT molecular complexity index is 749. The van der Waals surface area contributed by atoms with Crippen molar-refractivity contribution in [2.45, 2.75) is 12.6 Å². The van der Waals surface area contributed by atoms with Crippen LogP contribution in [0, 0.1) is 5.82 Å². The molecular formula is C21H23FN2O2. The summed E-state index contributed by atoms with van der Waals surface area (Å²) in [4.78, 5) is 14.3. The van der Waals surface area contributed by atoms with Crippen LogP contribution in [0.25, 0.3) is 6.08 Å². The molecule has 4 nitrogen and oxygen atoms in total. The minimum absolute atomic E-state index is 0.0287. The van der Waals surface area contributed by atoms with E-state index in [1.54, 1.807) is 18.2 Å². The number of nitrogens with one attached hydrogen (secondary N) is 1. The molecule has 1 aliphatic rings. The number of nitrogens with zero attached hydrogens (tertiary/aromatic N) is 1. The topological polar surface area (TPSA) is 41.6 Å². The highest BCUT2D eigenvalue weighted by Gasteiger charge is 2.20. The van der Waals surface area contributed by atoms with Gasteiger partial charge in [-0.25, -0.2) is 4.39 Å². The fourth-order valence-electron chi connectivity index (χ4n) is 2.94. The summed E-state index contributed by atoms with van der Waals surface area (Å²) in [5.41, 5.74) is 1.93. The first-order valence-corrected chi connectivity index (χ1v) is 8.78. The number of hydrogen-bond acceptors (Lipinski definition) is 3. The molecule has 2 aromatic rings. The first kappa shape index (κ1) is 18.3. The molecule has 26 heavy (non-hydrogen) atoms. The Morgan fingerprint density at radius 2 is 2.08 bits per heavy atom. The monoisotopic (exact) mass is 354 g/mol. The van der Waals surface area contributed by atoms with E-state index >= 15 is 0 Å². The molecule has 3 rings (SSSR count). The number of carbonyl (C=O) groups excluding carboxylic acids is 1. The average molecular weight is 354 g/mol. The number of hydrogen-bond donors (Lipinski definition) is 1. The lowest BCUT2D eigenvalue weighted by atomic mass is 10.2. The van der Waals surface area contributed by atoms with Crippen LogP contribution < -0.4 is 5.32 Å². The van der Waals surface area contributed by atoms with E-state index in [2.05, 4.69) is 22.3 Å². The summed E-state index contributed by atoms with van der Waals surface area (Å²) in [6, 6.07) is 16.4. The van der Waals surface area contributed by atoms with Crippen LogP contribution >= 0.6 is 0 Å². The van der Waals surface area contributed by atoms with Crippen LogP contribution in [0.2, 0.25) is 0 Å². The van der Waals surface area contributed by atoms with Gasteiger partial charge < -0.3 is 10.1 Å². The molecule has 0 bridgehead atoms. The Morgan fingerprint density at radius 3 is 2.88 bits per heavy atom. The summed E-state index contributed by atoms with van der Waals surface area (Å²) in [6.07, 6.45) is 2.99. The Morgan fingerprint density at radius 1 is 1.23 bits per heavy atom. The van der Waals surface area contributed by atoms with Crippen LogP contribution in [0.3, 0.4) is 0 Å². The zero-order valence-corrected chi connectivity index (χ0v) is 14.6. The van der Waals surface area contributed by atoms with Gasteiger partial charge >= 0.3 is 0 Å². The number of halogens is 1. The molecule has 136 valence electrons. The molecule has 2 aromatic carbocycles. The van der Waals surface area contributed by atoms with Gasteiger partial charge in [0.1, 0.15) is 5.82 Å². The molecule has 1 saturated heterocycles. The third-order valence-electron chi connectivity index (χ3n) is 4.25. The van der Waals surface area contributed by atoms with E-state index in [-0.39, 0.29) is 17.8 Å². The fraction of sp³-hybridized carbons (Fsp3) is 0.286. The molecule has 1 amide bonds. The number of benzene rings is 2. The minimum Gasteiger partial charge on any atom is -0.374 e. The summed E-state index contributed by atoms with van der Waals surface area (Å²) in [5, 5.41) is 2.85. The van der Waals surface area contributed by atoms with Crippen LogP contribution in [0.15, 0.2) is 60.7 Å². The van der Waals surface area contributed by atoms with Crippen molar-refractivity contribution >= 4 is 12.0 Å². The number of carbonyl (C=O) groups is 1. The van der Waals surface area contributed by atoms with E-state index in [1.165, 1.54) is 23.8 Å². The second kappa shape index (κ2) is 9.27. The molecule has 1 unspecified atom stereocenters. The minimum atomic E-state index is -0.318. The highest BCUT2D eigenvalue weighted by molar-refractivity contribution is 5.91. The van der Waals surface area contributed by atoms with Gasteiger partial charge in [0.05, 0.1) is 12.7 Å². The van der Waals surface area contributed by atoms with Crippen LogP contribution in [0.5, 0.6) is 0 Å². The molecule has 0 spiro atoms. The van der Waals surface area contributed by atoms with Gasteiger partial charge in [0.25, 0.3) is 0 Å². The SMILES string of the molecule is O=C(/C=C/c1cccc(F)c1)NCC1CN(Cc2ccccc2)CCO1. The van der Waals surface area contributed by atoms with Crippen molar-refractivity contribution in [3.05, 3.63) is 77.6 Å². The number of amides is 1. The fourth-order valence-corrected chi connectivity index (χ4v) is 2.94. The molecule has 1 fully saturated rings. The molecule has 1 N–H and O–H groups in total. The van der Waals surface area contributed by atoms with Crippen LogP contribution in [0.4, 0.5) is 4.39 Å².